The monoisotopic (exact) mass is 1400 g/mol. The van der Waals surface area contributed by atoms with Crippen LogP contribution in [-0.2, 0) is 61.2 Å². The Kier molecular flexibility index (Phi) is 49.0. The van der Waals surface area contributed by atoms with E-state index in [0.29, 0.717) is 19.3 Å². The van der Waals surface area contributed by atoms with Gasteiger partial charge in [-0.05, 0) is 44.9 Å². The van der Waals surface area contributed by atoms with Crippen molar-refractivity contribution in [3.8, 4) is 0 Å². The summed E-state index contributed by atoms with van der Waals surface area (Å²) in [5, 5.41) is 110. The molecule has 0 aromatic heterocycles. The fourth-order valence-corrected chi connectivity index (χ4v) is 13.4. The van der Waals surface area contributed by atoms with Gasteiger partial charge in [0, 0.05) is 19.3 Å². The average molecular weight is 1400 g/mol. The largest absolute Gasteiger partial charge is 0.472 e. The molecule has 18 unspecified atom stereocenters. The molecule has 3 fully saturated rings. The molecule has 3 aliphatic rings. The number of aliphatic hydroxyl groups excluding tert-OH is 10. The van der Waals surface area contributed by atoms with Gasteiger partial charge in [-0.15, -0.1) is 0 Å². The van der Waals surface area contributed by atoms with Crippen LogP contribution in [0, 0.1) is 0 Å². The van der Waals surface area contributed by atoms with Crippen molar-refractivity contribution in [1.82, 2.24) is 0 Å². The molecule has 0 radical (unpaired) electrons. The number of aliphatic hydroxyl groups is 10. The molecule has 11 N–H and O–H groups in total. The number of carbonyl (C=O) groups excluding carboxylic acids is 3. The molecule has 96 heavy (non-hydrogen) atoms. The van der Waals surface area contributed by atoms with E-state index in [4.69, 9.17) is 42.2 Å². The molecule has 0 aromatic rings. The first-order valence-corrected chi connectivity index (χ1v) is 39.0. The number of carbonyl (C=O) groups is 3. The summed E-state index contributed by atoms with van der Waals surface area (Å²) in [5.41, 5.74) is 0. The van der Waals surface area contributed by atoms with Crippen LogP contribution in [0.3, 0.4) is 0 Å². The van der Waals surface area contributed by atoms with Crippen molar-refractivity contribution in [3.63, 3.8) is 0 Å². The van der Waals surface area contributed by atoms with Crippen molar-refractivity contribution < 1.29 is 117 Å². The molecular formula is C71H131O24P. The first-order chi connectivity index (χ1) is 46.3. The molecule has 18 atom stereocenters. The second kappa shape index (κ2) is 53.5. The Labute approximate surface area is 573 Å². The summed E-state index contributed by atoms with van der Waals surface area (Å²) < 4.78 is 65.0. The first kappa shape index (κ1) is 87.9. The second-order valence-electron chi connectivity index (χ2n) is 27.0. The molecule has 0 spiro atoms. The smallest absolute Gasteiger partial charge is 0.463 e. The van der Waals surface area contributed by atoms with E-state index in [1.165, 1.54) is 135 Å². The topological polar surface area (TPSA) is 374 Å². The van der Waals surface area contributed by atoms with Crippen LogP contribution >= 0.6 is 7.82 Å². The SMILES string of the molecule is CCCCCCCCC/C=C\CCCCCC(=O)OCC(COP(=O)(O)OC1C(OC2OC(CO)C(O)C(O)C2O)C(O)C(O)C(O)C1OC1OC(COC(=O)CCCCCCCCCCCCC)C(O)C(O)C1O)OC(=O)CCCCCCCCCCCCCCCCCC. The molecule has 2 saturated heterocycles. The summed E-state index contributed by atoms with van der Waals surface area (Å²) >= 11 is 0. The molecule has 0 aromatic carbocycles. The van der Waals surface area contributed by atoms with Gasteiger partial charge in [0.2, 0.25) is 0 Å². The standard InChI is InChI=1S/C71H131O24P/c1-4-7-10-13-16-19-22-24-26-27-29-32-35-38-41-44-47-57(75)90-52(49-87-55(73)45-42-39-36-34-31-28-25-23-20-17-14-11-8-5-2)50-89-96(85,86)95-69-67(93-70-65(83)60(78)58(76)53(48-72)91-70)63(81)62(80)64(82)68(69)94-71-66(84)61(79)59(77)54(92-71)51-88-56(74)46-43-40-37-33-30-21-18-15-12-9-6-3/h28,31,52-54,58-72,76-84H,4-27,29-30,32-51H2,1-3H3,(H,85,86)/b31-28-. The average Bonchev–Trinajstić information content (AvgIpc) is 0.765. The van der Waals surface area contributed by atoms with Crippen molar-refractivity contribution in [2.24, 2.45) is 0 Å². The predicted molar refractivity (Wildman–Crippen MR) is 361 cm³/mol. The van der Waals surface area contributed by atoms with Gasteiger partial charge < -0.3 is 89.1 Å². The molecule has 25 heteroatoms. The lowest BCUT2D eigenvalue weighted by Crippen LogP contribution is -2.69. The third kappa shape index (κ3) is 36.5. The molecule has 1 saturated carbocycles. The van der Waals surface area contributed by atoms with Gasteiger partial charge in [0.05, 0.1) is 13.2 Å². The highest BCUT2D eigenvalue weighted by Crippen LogP contribution is 2.49. The lowest BCUT2D eigenvalue weighted by atomic mass is 9.84. The molecule has 0 amide bonds. The number of phosphoric acid groups is 1. The van der Waals surface area contributed by atoms with Crippen LogP contribution in [0.5, 0.6) is 0 Å². The minimum atomic E-state index is -5.69. The van der Waals surface area contributed by atoms with Crippen LogP contribution < -0.4 is 0 Å². The van der Waals surface area contributed by atoms with Gasteiger partial charge in [-0.25, -0.2) is 4.57 Å². The summed E-state index contributed by atoms with van der Waals surface area (Å²) in [6.07, 6.45) is 11.5. The van der Waals surface area contributed by atoms with E-state index in [-0.39, 0.29) is 19.3 Å². The summed E-state index contributed by atoms with van der Waals surface area (Å²) in [6.45, 7) is 3.42. The van der Waals surface area contributed by atoms with Gasteiger partial charge in [-0.1, -0.05) is 238 Å². The summed E-state index contributed by atoms with van der Waals surface area (Å²) in [7, 11) is -5.69. The fourth-order valence-electron chi connectivity index (χ4n) is 12.4. The normalized spacial score (nSPS) is 28.0. The second-order valence-corrected chi connectivity index (χ2v) is 28.4. The number of esters is 3. The number of allylic oxidation sites excluding steroid dienone is 2. The highest BCUT2D eigenvalue weighted by molar-refractivity contribution is 7.47. The van der Waals surface area contributed by atoms with Crippen molar-refractivity contribution in [1.29, 1.82) is 0 Å². The third-order valence-corrected chi connectivity index (χ3v) is 19.5. The molecule has 24 nitrogen and oxygen atoms in total. The summed E-state index contributed by atoms with van der Waals surface area (Å²) in [5.74, 6) is -2.00. The highest BCUT2D eigenvalue weighted by atomic mass is 31.2. The summed E-state index contributed by atoms with van der Waals surface area (Å²) in [6, 6.07) is 0. The van der Waals surface area contributed by atoms with E-state index in [2.05, 4.69) is 32.9 Å². The quantitative estimate of drug-likeness (QED) is 0.00886. The molecule has 2 aliphatic heterocycles. The third-order valence-electron chi connectivity index (χ3n) is 18.5. The van der Waals surface area contributed by atoms with Crippen LogP contribution in [0.1, 0.15) is 290 Å². The van der Waals surface area contributed by atoms with E-state index in [1.54, 1.807) is 0 Å². The van der Waals surface area contributed by atoms with E-state index in [9.17, 15) is 74.9 Å². The van der Waals surface area contributed by atoms with Gasteiger partial charge in [-0.2, -0.15) is 0 Å². The zero-order chi connectivity index (χ0) is 70.4. The van der Waals surface area contributed by atoms with Crippen LogP contribution in [0.2, 0.25) is 0 Å². The predicted octanol–water partition coefficient (Wildman–Crippen LogP) is 9.96. The molecule has 564 valence electrons. The Hall–Kier alpha value is -2.30. The Morgan fingerprint density at radius 1 is 0.396 bits per heavy atom. The van der Waals surface area contributed by atoms with E-state index < -0.39 is 156 Å². The maximum Gasteiger partial charge on any atom is 0.472 e. The number of unbranched alkanes of at least 4 members (excludes halogenated alkanes) is 35. The van der Waals surface area contributed by atoms with Crippen LogP contribution in [0.15, 0.2) is 12.2 Å². The van der Waals surface area contributed by atoms with Crippen LogP contribution in [0.25, 0.3) is 0 Å². The Balaban J connectivity index is 1.74. The van der Waals surface area contributed by atoms with Crippen molar-refractivity contribution >= 4 is 25.7 Å². The molecule has 3 rings (SSSR count). The van der Waals surface area contributed by atoms with E-state index in [1.807, 2.05) is 0 Å². The molecule has 0 bridgehead atoms. The first-order valence-electron chi connectivity index (χ1n) is 37.5. The minimum absolute atomic E-state index is 0.0280. The maximum atomic E-state index is 14.3. The van der Waals surface area contributed by atoms with Gasteiger partial charge in [0.1, 0.15) is 98.7 Å². The molecule has 2 heterocycles. The highest BCUT2D eigenvalue weighted by Gasteiger charge is 2.58. The number of hydrogen-bond donors (Lipinski definition) is 11. The fraction of sp³-hybridized carbons (Fsp3) is 0.930. The van der Waals surface area contributed by atoms with Crippen LogP contribution in [-0.4, -0.2) is 204 Å². The van der Waals surface area contributed by atoms with Crippen molar-refractivity contribution in [2.75, 3.05) is 26.4 Å². The molecular weight excluding hydrogens is 1270 g/mol. The number of ether oxygens (including phenoxy) is 7. The lowest BCUT2D eigenvalue weighted by Gasteiger charge is -2.49. The van der Waals surface area contributed by atoms with Gasteiger partial charge in [-0.3, -0.25) is 23.4 Å². The summed E-state index contributed by atoms with van der Waals surface area (Å²) in [4.78, 5) is 50.9. The maximum absolute atomic E-state index is 14.3. The zero-order valence-electron chi connectivity index (χ0n) is 58.7. The van der Waals surface area contributed by atoms with E-state index in [0.717, 1.165) is 96.3 Å². The lowest BCUT2D eigenvalue weighted by molar-refractivity contribution is -0.360. The zero-order valence-corrected chi connectivity index (χ0v) is 59.6. The number of rotatable bonds is 58. The number of phosphoric ester groups is 1. The number of hydrogen-bond acceptors (Lipinski definition) is 23. The van der Waals surface area contributed by atoms with E-state index >= 15 is 0 Å². The van der Waals surface area contributed by atoms with Crippen molar-refractivity contribution in [3.05, 3.63) is 12.2 Å². The Morgan fingerprint density at radius 2 is 0.729 bits per heavy atom. The molecule has 1 aliphatic carbocycles. The van der Waals surface area contributed by atoms with Gasteiger partial charge >= 0.3 is 25.7 Å². The van der Waals surface area contributed by atoms with Crippen molar-refractivity contribution in [2.45, 2.75) is 395 Å². The van der Waals surface area contributed by atoms with Crippen LogP contribution in [0.4, 0.5) is 0 Å². The minimum Gasteiger partial charge on any atom is -0.463 e. The Bertz CT molecular complexity index is 2040. The van der Waals surface area contributed by atoms with Gasteiger partial charge in [0.25, 0.3) is 0 Å². The Morgan fingerprint density at radius 3 is 1.14 bits per heavy atom. The van der Waals surface area contributed by atoms with Gasteiger partial charge in [0.15, 0.2) is 18.7 Å².